The molecule has 2 atom stereocenters. The third kappa shape index (κ3) is 7.82. The first-order valence-corrected chi connectivity index (χ1v) is 23.7. The molecule has 3 heteroatoms. The summed E-state index contributed by atoms with van der Waals surface area (Å²) in [6.07, 6.45) is 0. The van der Waals surface area contributed by atoms with E-state index in [2.05, 4.69) is 256 Å². The van der Waals surface area contributed by atoms with Gasteiger partial charge in [-0.05, 0) is 70.6 Å². The number of carbonyl (C=O) groups excluding carboxylic acids is 1. The van der Waals surface area contributed by atoms with E-state index in [1.54, 1.807) is 0 Å². The largest absolute Gasteiger partial charge is 0.298 e. The fraction of sp³-hybridized carbons (Fsp3) is 0.0727. The molecule has 0 bridgehead atoms. The van der Waals surface area contributed by atoms with E-state index in [1.807, 2.05) is 0 Å². The van der Waals surface area contributed by atoms with Crippen molar-refractivity contribution in [2.45, 2.75) is 25.7 Å². The van der Waals surface area contributed by atoms with E-state index in [4.69, 9.17) is 0 Å². The Hall–Kier alpha value is -5.97. The molecule has 0 saturated carbocycles. The van der Waals surface area contributed by atoms with Crippen LogP contribution in [0.15, 0.2) is 231 Å². The van der Waals surface area contributed by atoms with Gasteiger partial charge in [-0.15, -0.1) is 0 Å². The van der Waals surface area contributed by atoms with Gasteiger partial charge in [0, 0.05) is 0 Å². The lowest BCUT2D eigenvalue weighted by molar-refractivity contribution is -0.118. The number of aryl methyl sites for hydroxylation is 2. The molecule has 0 fully saturated rings. The van der Waals surface area contributed by atoms with E-state index in [0.29, 0.717) is 0 Å². The van der Waals surface area contributed by atoms with Crippen molar-refractivity contribution in [1.29, 1.82) is 0 Å². The van der Waals surface area contributed by atoms with Gasteiger partial charge < -0.3 is 0 Å². The molecule has 0 aliphatic carbocycles. The molecule has 0 aliphatic rings. The predicted molar refractivity (Wildman–Crippen MR) is 255 cm³/mol. The SMILES string of the molecule is Cc1ccc(C(C=P(c2ccccc2)(c2ccccc2)c2ccccc2)C(=O)C(C=P(c2ccccc2)(c2ccccc2)c2ccccc2)c2ccc(C)cc2)cc1. The molecule has 0 aliphatic heterocycles. The Kier molecular flexibility index (Phi) is 11.8. The molecule has 0 spiro atoms. The van der Waals surface area contributed by atoms with Crippen LogP contribution < -0.4 is 31.8 Å². The van der Waals surface area contributed by atoms with Gasteiger partial charge in [-0.2, -0.15) is 0 Å². The van der Waals surface area contributed by atoms with Gasteiger partial charge in [0.1, 0.15) is 0 Å². The van der Waals surface area contributed by atoms with E-state index in [-0.39, 0.29) is 5.78 Å². The molecule has 284 valence electrons. The zero-order chi connectivity index (χ0) is 39.8. The maximum absolute atomic E-state index is 16.5. The third-order valence-corrected chi connectivity index (χ3v) is 19.4. The first kappa shape index (κ1) is 38.9. The number of rotatable bonds is 12. The van der Waals surface area contributed by atoms with Crippen molar-refractivity contribution < 1.29 is 4.79 Å². The molecule has 0 heterocycles. The maximum atomic E-state index is 16.5. The number of hydrogen-bond acceptors (Lipinski definition) is 1. The van der Waals surface area contributed by atoms with E-state index in [0.717, 1.165) is 22.3 Å². The molecule has 8 rings (SSSR count). The second-order valence-corrected chi connectivity index (χ2v) is 21.5. The first-order valence-electron chi connectivity index (χ1n) is 20.0. The van der Waals surface area contributed by atoms with Gasteiger partial charge in [-0.3, -0.25) is 4.79 Å². The summed E-state index contributed by atoms with van der Waals surface area (Å²) in [7, 11) is 0. The summed E-state index contributed by atoms with van der Waals surface area (Å²) >= 11 is 0. The van der Waals surface area contributed by atoms with E-state index in [1.165, 1.54) is 31.8 Å². The smallest absolute Gasteiger partial charge is 0.155 e. The molecule has 0 aromatic heterocycles. The molecular weight excluding hydrogens is 739 g/mol. The number of hydrogen-bond donors (Lipinski definition) is 0. The average Bonchev–Trinajstić information content (AvgIpc) is 3.30. The molecule has 58 heavy (non-hydrogen) atoms. The molecule has 0 amide bonds. The second-order valence-electron chi connectivity index (χ2n) is 14.9. The Bertz CT molecular complexity index is 2280. The summed E-state index contributed by atoms with van der Waals surface area (Å²) < 4.78 is 0. The highest BCUT2D eigenvalue weighted by molar-refractivity contribution is 7.95. The lowest BCUT2D eigenvalue weighted by Gasteiger charge is -2.33. The van der Waals surface area contributed by atoms with Crippen molar-refractivity contribution >= 4 is 63.0 Å². The highest BCUT2D eigenvalue weighted by Gasteiger charge is 2.35. The van der Waals surface area contributed by atoms with Gasteiger partial charge >= 0.3 is 0 Å². The van der Waals surface area contributed by atoms with Gasteiger partial charge in [0.2, 0.25) is 0 Å². The van der Waals surface area contributed by atoms with Crippen LogP contribution in [0.1, 0.15) is 34.1 Å². The maximum Gasteiger partial charge on any atom is 0.155 e. The van der Waals surface area contributed by atoms with Crippen LogP contribution in [0, 0.1) is 13.8 Å². The Balaban J connectivity index is 1.51. The molecule has 0 radical (unpaired) electrons. The molecule has 0 N–H and O–H groups in total. The zero-order valence-electron chi connectivity index (χ0n) is 33.1. The number of ketones is 1. The van der Waals surface area contributed by atoms with Crippen molar-refractivity contribution in [3.8, 4) is 0 Å². The first-order chi connectivity index (χ1) is 28.5. The van der Waals surface area contributed by atoms with Crippen LogP contribution in [0.25, 0.3) is 0 Å². The van der Waals surface area contributed by atoms with Gasteiger partial charge in [0.05, 0.1) is 11.8 Å². The van der Waals surface area contributed by atoms with Crippen molar-refractivity contribution in [2.24, 2.45) is 0 Å². The highest BCUT2D eigenvalue weighted by Crippen LogP contribution is 2.49. The molecule has 8 aromatic rings. The highest BCUT2D eigenvalue weighted by atomic mass is 31.2. The van der Waals surface area contributed by atoms with Crippen LogP contribution in [-0.4, -0.2) is 17.4 Å². The topological polar surface area (TPSA) is 17.1 Å². The summed E-state index contributed by atoms with van der Waals surface area (Å²) in [4.78, 5) is 16.5. The monoisotopic (exact) mass is 786 g/mol. The summed E-state index contributed by atoms with van der Waals surface area (Å²) in [5.41, 5.74) is 4.32. The lowest BCUT2D eigenvalue weighted by Crippen LogP contribution is -2.33. The molecule has 1 nitrogen and oxygen atoms in total. The molecule has 8 aromatic carbocycles. The third-order valence-electron chi connectivity index (χ3n) is 11.2. The Morgan fingerprint density at radius 3 is 0.741 bits per heavy atom. The van der Waals surface area contributed by atoms with E-state index < -0.39 is 25.6 Å². The van der Waals surface area contributed by atoms with Crippen LogP contribution in [0.4, 0.5) is 0 Å². The normalized spacial score (nSPS) is 12.6. The standard InChI is InChI=1S/C55H48OP2/c1-43-33-37-45(38-34-43)53(41-57(47-21-9-3-10-22-47,48-23-11-4-12-24-48)49-25-13-5-14-26-49)55(56)54(46-39-35-44(2)36-40-46)42-58(50-27-15-6-16-28-50,51-29-17-7-18-30-51)52-31-19-8-20-32-52/h3-42,53-54H,1-2H3. The number of benzene rings is 8. The minimum absolute atomic E-state index is 0.159. The van der Waals surface area contributed by atoms with Crippen molar-refractivity contribution in [3.63, 3.8) is 0 Å². The van der Waals surface area contributed by atoms with Crippen LogP contribution in [0.2, 0.25) is 0 Å². The summed E-state index contributed by atoms with van der Waals surface area (Å²) in [5, 5.41) is 7.29. The Morgan fingerprint density at radius 2 is 0.534 bits per heavy atom. The minimum atomic E-state index is -2.56. The molecule has 2 unspecified atom stereocenters. The lowest BCUT2D eigenvalue weighted by atomic mass is 9.85. The second kappa shape index (κ2) is 17.7. The number of carbonyl (C=O) groups is 1. The van der Waals surface area contributed by atoms with Crippen molar-refractivity contribution in [2.75, 3.05) is 0 Å². The van der Waals surface area contributed by atoms with Crippen molar-refractivity contribution in [3.05, 3.63) is 253 Å². The van der Waals surface area contributed by atoms with Crippen LogP contribution in [0.3, 0.4) is 0 Å². The predicted octanol–water partition coefficient (Wildman–Crippen LogP) is 10.3. The van der Waals surface area contributed by atoms with Gasteiger partial charge in [0.15, 0.2) is 5.78 Å². The van der Waals surface area contributed by atoms with Gasteiger partial charge in [-0.25, -0.2) is 0 Å². The van der Waals surface area contributed by atoms with Crippen LogP contribution in [0.5, 0.6) is 0 Å². The summed E-state index contributed by atoms with van der Waals surface area (Å²) in [6.45, 7) is -0.887. The van der Waals surface area contributed by atoms with E-state index >= 15 is 4.79 Å². The van der Waals surface area contributed by atoms with Crippen LogP contribution >= 0.6 is 13.8 Å². The Labute approximate surface area is 344 Å². The van der Waals surface area contributed by atoms with Crippen molar-refractivity contribution in [1.82, 2.24) is 0 Å². The van der Waals surface area contributed by atoms with E-state index in [9.17, 15) is 0 Å². The van der Waals surface area contributed by atoms with Crippen LogP contribution in [-0.2, 0) is 4.79 Å². The number of Topliss-reactive ketones (excluding diaryl/α,β-unsaturated/α-hetero) is 1. The van der Waals surface area contributed by atoms with Gasteiger partial charge in [-0.1, -0.05) is 253 Å². The summed E-state index contributed by atoms with van der Waals surface area (Å²) in [5.74, 6) is 3.97. The fourth-order valence-electron chi connectivity index (χ4n) is 8.23. The molecular formula is C55H48OP2. The average molecular weight is 787 g/mol. The summed E-state index contributed by atoms with van der Waals surface area (Å²) in [6, 6.07) is 82.4. The quantitative estimate of drug-likeness (QED) is 0.113. The fourth-order valence-corrected chi connectivity index (χ4v) is 16.4. The van der Waals surface area contributed by atoms with Gasteiger partial charge in [0.25, 0.3) is 0 Å². The minimum Gasteiger partial charge on any atom is -0.298 e. The zero-order valence-corrected chi connectivity index (χ0v) is 34.8. The Morgan fingerprint density at radius 1 is 0.328 bits per heavy atom. The molecule has 0 saturated heterocycles.